The highest BCUT2D eigenvalue weighted by atomic mass is 35.5. The molecule has 2 aromatic carbocycles. The third-order valence-electron chi connectivity index (χ3n) is 5.36. The Hall–Kier alpha value is -2.20. The number of fused-ring (bicyclic) bond motifs is 2. The van der Waals surface area contributed by atoms with Crippen LogP contribution in [0.1, 0.15) is 24.0 Å². The molecule has 1 heterocycles. The second kappa shape index (κ2) is 5.95. The van der Waals surface area contributed by atoms with Crippen LogP contribution in [0.2, 0.25) is 5.02 Å². The van der Waals surface area contributed by atoms with E-state index in [1.165, 1.54) is 0 Å². The van der Waals surface area contributed by atoms with Crippen LogP contribution >= 0.6 is 11.6 Å². The standard InChI is InChI=1S/C20H20ClNO3/c1-12-9-16(15(21)10-18(12)24-2)22-19(23)14-11-20(14)7-8-25-17-6-4-3-5-13(17)20/h3-6,9-10,14H,7-8,11H2,1-2H3,(H,22,23)/t14-,20-/m0/s1. The average Bonchev–Trinajstić information content (AvgIpc) is 3.33. The second-order valence-electron chi connectivity index (χ2n) is 6.80. The molecule has 1 spiro atoms. The van der Waals surface area contributed by atoms with Gasteiger partial charge in [-0.25, -0.2) is 0 Å². The van der Waals surface area contributed by atoms with Gasteiger partial charge in [-0.3, -0.25) is 4.79 Å². The van der Waals surface area contributed by atoms with Crippen LogP contribution in [-0.2, 0) is 10.2 Å². The predicted octanol–water partition coefficient (Wildman–Crippen LogP) is 4.34. The number of nitrogens with one attached hydrogen (secondary N) is 1. The summed E-state index contributed by atoms with van der Waals surface area (Å²) < 4.78 is 11.0. The Morgan fingerprint density at radius 1 is 1.36 bits per heavy atom. The minimum absolute atomic E-state index is 0.0168. The third-order valence-corrected chi connectivity index (χ3v) is 5.68. The molecule has 5 heteroatoms. The molecule has 25 heavy (non-hydrogen) atoms. The molecule has 2 aliphatic rings. The zero-order valence-corrected chi connectivity index (χ0v) is 15.0. The Morgan fingerprint density at radius 2 is 2.16 bits per heavy atom. The van der Waals surface area contributed by atoms with Crippen LogP contribution in [0.25, 0.3) is 0 Å². The highest BCUT2D eigenvalue weighted by Crippen LogP contribution is 2.60. The summed E-state index contributed by atoms with van der Waals surface area (Å²) in [7, 11) is 1.60. The number of ether oxygens (including phenoxy) is 2. The van der Waals surface area contributed by atoms with Crippen LogP contribution in [0, 0.1) is 12.8 Å². The summed E-state index contributed by atoms with van der Waals surface area (Å²) in [5, 5.41) is 3.48. The maximum Gasteiger partial charge on any atom is 0.228 e. The number of para-hydroxylation sites is 1. The van der Waals surface area contributed by atoms with Crippen LogP contribution in [0.15, 0.2) is 36.4 Å². The largest absolute Gasteiger partial charge is 0.496 e. The predicted molar refractivity (Wildman–Crippen MR) is 97.7 cm³/mol. The van der Waals surface area contributed by atoms with Crippen LogP contribution in [-0.4, -0.2) is 19.6 Å². The fourth-order valence-corrected chi connectivity index (χ4v) is 4.10. The first-order valence-electron chi connectivity index (χ1n) is 8.42. The molecule has 0 unspecified atom stereocenters. The first kappa shape index (κ1) is 16.3. The van der Waals surface area contributed by atoms with Crippen LogP contribution < -0.4 is 14.8 Å². The van der Waals surface area contributed by atoms with Crippen molar-refractivity contribution in [1.29, 1.82) is 0 Å². The maximum atomic E-state index is 12.8. The second-order valence-corrected chi connectivity index (χ2v) is 7.21. The quantitative estimate of drug-likeness (QED) is 0.889. The SMILES string of the molecule is COc1cc(Cl)c(NC(=O)[C@@H]2C[C@]23CCOc2ccccc23)cc1C. The van der Waals surface area contributed by atoms with Gasteiger partial charge < -0.3 is 14.8 Å². The molecule has 0 saturated heterocycles. The molecule has 1 saturated carbocycles. The summed E-state index contributed by atoms with van der Waals surface area (Å²) >= 11 is 6.29. The van der Waals surface area contributed by atoms with Gasteiger partial charge in [0.15, 0.2) is 0 Å². The highest BCUT2D eigenvalue weighted by Gasteiger charge is 2.61. The van der Waals surface area contributed by atoms with Gasteiger partial charge in [0, 0.05) is 23.0 Å². The lowest BCUT2D eigenvalue weighted by atomic mass is 9.87. The number of carbonyl (C=O) groups excluding carboxylic acids is 1. The molecular weight excluding hydrogens is 338 g/mol. The van der Waals surface area contributed by atoms with Crippen LogP contribution in [0.3, 0.4) is 0 Å². The average molecular weight is 358 g/mol. The summed E-state index contributed by atoms with van der Waals surface area (Å²) in [4.78, 5) is 12.8. The van der Waals surface area contributed by atoms with Crippen molar-refractivity contribution in [3.8, 4) is 11.5 Å². The van der Waals surface area contributed by atoms with E-state index >= 15 is 0 Å². The Balaban J connectivity index is 1.56. The molecule has 0 aromatic heterocycles. The Morgan fingerprint density at radius 3 is 2.96 bits per heavy atom. The fraction of sp³-hybridized carbons (Fsp3) is 0.350. The van der Waals surface area contributed by atoms with Crippen LogP contribution in [0.4, 0.5) is 5.69 Å². The number of anilines is 1. The summed E-state index contributed by atoms with van der Waals surface area (Å²) in [6, 6.07) is 11.6. The first-order chi connectivity index (χ1) is 12.0. The summed E-state index contributed by atoms with van der Waals surface area (Å²) in [6.07, 6.45) is 1.73. The number of hydrogen-bond acceptors (Lipinski definition) is 3. The topological polar surface area (TPSA) is 47.6 Å². The van der Waals surface area contributed by atoms with Gasteiger partial charge in [-0.2, -0.15) is 0 Å². The lowest BCUT2D eigenvalue weighted by Gasteiger charge is -2.26. The molecule has 1 N–H and O–H groups in total. The van der Waals surface area contributed by atoms with E-state index in [0.29, 0.717) is 23.1 Å². The van der Waals surface area contributed by atoms with Crippen molar-refractivity contribution in [3.05, 3.63) is 52.5 Å². The normalized spacial score (nSPS) is 23.6. The lowest BCUT2D eigenvalue weighted by Crippen LogP contribution is -2.26. The molecule has 1 aliphatic heterocycles. The number of amides is 1. The Bertz CT molecular complexity index is 851. The number of methoxy groups -OCH3 is 1. The van der Waals surface area contributed by atoms with Crippen molar-refractivity contribution in [2.75, 3.05) is 19.0 Å². The number of benzene rings is 2. The van der Waals surface area contributed by atoms with Gasteiger partial charge >= 0.3 is 0 Å². The molecule has 2 aromatic rings. The van der Waals surface area contributed by atoms with Crippen molar-refractivity contribution in [2.24, 2.45) is 5.92 Å². The molecule has 0 bridgehead atoms. The van der Waals surface area contributed by atoms with E-state index in [0.717, 1.165) is 29.7 Å². The molecule has 0 radical (unpaired) electrons. The van der Waals surface area contributed by atoms with Crippen molar-refractivity contribution in [2.45, 2.75) is 25.2 Å². The zero-order valence-electron chi connectivity index (χ0n) is 14.3. The fourth-order valence-electron chi connectivity index (χ4n) is 3.90. The lowest BCUT2D eigenvalue weighted by molar-refractivity contribution is -0.117. The molecule has 4 nitrogen and oxygen atoms in total. The van der Waals surface area contributed by atoms with E-state index in [2.05, 4.69) is 11.4 Å². The van der Waals surface area contributed by atoms with Gasteiger partial charge in [-0.15, -0.1) is 0 Å². The van der Waals surface area contributed by atoms with Gasteiger partial charge in [-0.1, -0.05) is 29.8 Å². The number of aryl methyl sites for hydroxylation is 1. The molecule has 1 aliphatic carbocycles. The van der Waals surface area contributed by atoms with E-state index in [1.807, 2.05) is 31.2 Å². The van der Waals surface area contributed by atoms with E-state index in [4.69, 9.17) is 21.1 Å². The monoisotopic (exact) mass is 357 g/mol. The molecule has 1 amide bonds. The van der Waals surface area contributed by atoms with Crippen molar-refractivity contribution in [1.82, 2.24) is 0 Å². The van der Waals surface area contributed by atoms with E-state index in [1.54, 1.807) is 13.2 Å². The minimum atomic E-state index is -0.0904. The van der Waals surface area contributed by atoms with E-state index < -0.39 is 0 Å². The number of halogens is 1. The third kappa shape index (κ3) is 2.65. The molecule has 1 fully saturated rings. The van der Waals surface area contributed by atoms with Crippen molar-refractivity contribution in [3.63, 3.8) is 0 Å². The Labute approximate surface area is 152 Å². The number of carbonyl (C=O) groups is 1. The minimum Gasteiger partial charge on any atom is -0.496 e. The van der Waals surface area contributed by atoms with E-state index in [9.17, 15) is 4.79 Å². The van der Waals surface area contributed by atoms with E-state index in [-0.39, 0.29) is 17.2 Å². The molecule has 130 valence electrons. The van der Waals surface area contributed by atoms with Crippen LogP contribution in [0.5, 0.6) is 11.5 Å². The Kier molecular flexibility index (Phi) is 3.88. The van der Waals surface area contributed by atoms with Gasteiger partial charge in [0.1, 0.15) is 11.5 Å². The maximum absolute atomic E-state index is 12.8. The van der Waals surface area contributed by atoms with Gasteiger partial charge in [-0.05, 0) is 37.5 Å². The van der Waals surface area contributed by atoms with Gasteiger partial charge in [0.2, 0.25) is 5.91 Å². The zero-order chi connectivity index (χ0) is 17.6. The summed E-state index contributed by atoms with van der Waals surface area (Å²) in [5.41, 5.74) is 2.63. The number of hydrogen-bond donors (Lipinski definition) is 1. The first-order valence-corrected chi connectivity index (χ1v) is 8.80. The molecule has 4 rings (SSSR count). The van der Waals surface area contributed by atoms with Crippen molar-refractivity contribution >= 4 is 23.2 Å². The molecular formula is C20H20ClNO3. The highest BCUT2D eigenvalue weighted by molar-refractivity contribution is 6.34. The van der Waals surface area contributed by atoms with Gasteiger partial charge in [0.25, 0.3) is 0 Å². The smallest absolute Gasteiger partial charge is 0.228 e. The number of rotatable bonds is 3. The summed E-state index contributed by atoms with van der Waals surface area (Å²) in [5.74, 6) is 1.59. The summed E-state index contributed by atoms with van der Waals surface area (Å²) in [6.45, 7) is 2.58. The van der Waals surface area contributed by atoms with Crippen molar-refractivity contribution < 1.29 is 14.3 Å². The van der Waals surface area contributed by atoms with Gasteiger partial charge in [0.05, 0.1) is 24.4 Å². The molecule has 2 atom stereocenters.